The summed E-state index contributed by atoms with van der Waals surface area (Å²) in [5.41, 5.74) is 3.89. The van der Waals surface area contributed by atoms with Crippen LogP contribution in [0.25, 0.3) is 0 Å². The fourth-order valence-corrected chi connectivity index (χ4v) is 3.84. The van der Waals surface area contributed by atoms with Crippen molar-refractivity contribution < 1.29 is 9.59 Å². The first-order valence-corrected chi connectivity index (χ1v) is 10.7. The molecule has 0 aliphatic carbocycles. The third kappa shape index (κ3) is 6.19. The van der Waals surface area contributed by atoms with E-state index in [4.69, 9.17) is 11.6 Å². The third-order valence-corrected chi connectivity index (χ3v) is 5.60. The molecule has 4 nitrogen and oxygen atoms in total. The second kappa shape index (κ2) is 10.8. The maximum absolute atomic E-state index is 13.5. The molecule has 31 heavy (non-hydrogen) atoms. The zero-order chi connectivity index (χ0) is 22.2. The minimum Gasteiger partial charge on any atom is -0.357 e. The average molecular weight is 435 g/mol. The molecule has 5 heteroatoms. The Morgan fingerprint density at radius 2 is 1.61 bits per heavy atom. The van der Waals surface area contributed by atoms with Crippen molar-refractivity contribution in [2.75, 3.05) is 7.05 Å². The van der Waals surface area contributed by atoms with Gasteiger partial charge in [0.05, 0.1) is 6.42 Å². The van der Waals surface area contributed by atoms with Crippen LogP contribution in [0.2, 0.25) is 5.02 Å². The van der Waals surface area contributed by atoms with Crippen LogP contribution in [0.15, 0.2) is 78.9 Å². The van der Waals surface area contributed by atoms with Crippen molar-refractivity contribution >= 4 is 23.4 Å². The van der Waals surface area contributed by atoms with E-state index < -0.39 is 6.04 Å². The van der Waals surface area contributed by atoms with Crippen LogP contribution in [0, 0.1) is 6.92 Å². The molecule has 2 amide bonds. The summed E-state index contributed by atoms with van der Waals surface area (Å²) in [6.45, 7) is 2.29. The molecule has 0 aliphatic rings. The molecule has 160 valence electrons. The van der Waals surface area contributed by atoms with E-state index in [-0.39, 0.29) is 18.2 Å². The number of halogens is 1. The van der Waals surface area contributed by atoms with E-state index in [9.17, 15) is 9.59 Å². The molecule has 0 aliphatic heterocycles. The number of hydrogen-bond acceptors (Lipinski definition) is 2. The lowest BCUT2D eigenvalue weighted by Gasteiger charge is -2.31. The Kier molecular flexibility index (Phi) is 7.85. The largest absolute Gasteiger partial charge is 0.357 e. The number of nitrogens with zero attached hydrogens (tertiary/aromatic N) is 1. The summed E-state index contributed by atoms with van der Waals surface area (Å²) >= 11 is 6.17. The summed E-state index contributed by atoms with van der Waals surface area (Å²) in [5, 5.41) is 3.33. The van der Waals surface area contributed by atoms with Crippen LogP contribution in [-0.2, 0) is 29.0 Å². The Morgan fingerprint density at radius 1 is 0.935 bits per heavy atom. The van der Waals surface area contributed by atoms with Crippen LogP contribution < -0.4 is 5.32 Å². The van der Waals surface area contributed by atoms with Crippen LogP contribution >= 0.6 is 11.6 Å². The molecule has 0 fully saturated rings. The van der Waals surface area contributed by atoms with Gasteiger partial charge in [-0.2, -0.15) is 0 Å². The van der Waals surface area contributed by atoms with E-state index >= 15 is 0 Å². The van der Waals surface area contributed by atoms with Gasteiger partial charge in [0, 0.05) is 25.0 Å². The van der Waals surface area contributed by atoms with Crippen LogP contribution in [-0.4, -0.2) is 29.8 Å². The first-order chi connectivity index (χ1) is 15.0. The number of rotatable bonds is 8. The lowest BCUT2D eigenvalue weighted by molar-refractivity contribution is -0.140. The second-order valence-electron chi connectivity index (χ2n) is 7.57. The predicted octanol–water partition coefficient (Wildman–Crippen LogP) is 4.58. The number of nitrogens with one attached hydrogen (secondary N) is 1. The molecular formula is C26H27ClN2O2. The van der Waals surface area contributed by atoms with Crippen LogP contribution in [0.1, 0.15) is 22.3 Å². The molecule has 0 bridgehead atoms. The Morgan fingerprint density at radius 3 is 2.29 bits per heavy atom. The fraction of sp³-hybridized carbons (Fsp3) is 0.231. The maximum atomic E-state index is 13.5. The van der Waals surface area contributed by atoms with Gasteiger partial charge in [-0.25, -0.2) is 0 Å². The highest BCUT2D eigenvalue weighted by Crippen LogP contribution is 2.19. The van der Waals surface area contributed by atoms with Crippen LogP contribution in [0.3, 0.4) is 0 Å². The highest BCUT2D eigenvalue weighted by Gasteiger charge is 2.30. The number of carbonyl (C=O) groups is 2. The lowest BCUT2D eigenvalue weighted by Crippen LogP contribution is -2.50. The van der Waals surface area contributed by atoms with Crippen molar-refractivity contribution in [3.05, 3.63) is 106 Å². The molecule has 0 saturated heterocycles. The average Bonchev–Trinajstić information content (AvgIpc) is 2.78. The molecule has 0 spiro atoms. The molecule has 3 rings (SSSR count). The van der Waals surface area contributed by atoms with Gasteiger partial charge in [0.2, 0.25) is 11.8 Å². The van der Waals surface area contributed by atoms with Crippen molar-refractivity contribution in [3.8, 4) is 0 Å². The van der Waals surface area contributed by atoms with Crippen molar-refractivity contribution in [1.82, 2.24) is 10.2 Å². The van der Waals surface area contributed by atoms with E-state index in [1.54, 1.807) is 18.0 Å². The number of carbonyl (C=O) groups excluding carboxylic acids is 2. The molecule has 1 N–H and O–H groups in total. The smallest absolute Gasteiger partial charge is 0.242 e. The number of amides is 2. The predicted molar refractivity (Wildman–Crippen MR) is 125 cm³/mol. The van der Waals surface area contributed by atoms with E-state index in [0.717, 1.165) is 22.3 Å². The SMILES string of the molecule is CNC(=O)C(Cc1ccccc1)N(Cc1cccc(Cl)c1)C(=O)Cc1ccccc1C. The monoisotopic (exact) mass is 434 g/mol. The normalized spacial score (nSPS) is 11.6. The Balaban J connectivity index is 1.95. The molecule has 3 aromatic rings. The number of hydrogen-bond donors (Lipinski definition) is 1. The summed E-state index contributed by atoms with van der Waals surface area (Å²) in [5.74, 6) is -0.289. The van der Waals surface area contributed by atoms with Crippen molar-refractivity contribution in [3.63, 3.8) is 0 Å². The van der Waals surface area contributed by atoms with Crippen molar-refractivity contribution in [2.24, 2.45) is 0 Å². The van der Waals surface area contributed by atoms with Crippen molar-refractivity contribution in [1.29, 1.82) is 0 Å². The zero-order valence-corrected chi connectivity index (χ0v) is 18.6. The molecule has 0 saturated carbocycles. The minimum atomic E-state index is -0.636. The number of benzene rings is 3. The highest BCUT2D eigenvalue weighted by atomic mass is 35.5. The first-order valence-electron chi connectivity index (χ1n) is 10.3. The van der Waals surface area contributed by atoms with Crippen LogP contribution in [0.5, 0.6) is 0 Å². The van der Waals surface area contributed by atoms with E-state index in [2.05, 4.69) is 5.32 Å². The molecule has 1 unspecified atom stereocenters. The maximum Gasteiger partial charge on any atom is 0.242 e. The standard InChI is InChI=1S/C26H27ClN2O2/c1-19-9-6-7-13-22(19)17-25(30)29(18-21-12-8-14-23(27)15-21)24(26(31)28-2)16-20-10-4-3-5-11-20/h3-15,24H,16-18H2,1-2H3,(H,28,31). The summed E-state index contributed by atoms with van der Waals surface area (Å²) < 4.78 is 0. The quantitative estimate of drug-likeness (QED) is 0.564. The Labute approximate surface area is 188 Å². The van der Waals surface area contributed by atoms with Gasteiger partial charge < -0.3 is 10.2 Å². The van der Waals surface area contributed by atoms with Gasteiger partial charge in [0.1, 0.15) is 6.04 Å². The number of aryl methyl sites for hydroxylation is 1. The van der Waals surface area contributed by atoms with E-state index in [0.29, 0.717) is 18.0 Å². The van der Waals surface area contributed by atoms with Gasteiger partial charge in [-0.1, -0.05) is 78.3 Å². The molecule has 1 atom stereocenters. The highest BCUT2D eigenvalue weighted by molar-refractivity contribution is 6.30. The summed E-state index contributed by atoms with van der Waals surface area (Å²) in [6.07, 6.45) is 0.663. The summed E-state index contributed by atoms with van der Waals surface area (Å²) in [6, 6.07) is 24.3. The van der Waals surface area contributed by atoms with Gasteiger partial charge in [-0.05, 0) is 41.3 Å². The first kappa shape index (κ1) is 22.6. The third-order valence-electron chi connectivity index (χ3n) is 5.36. The molecule has 0 radical (unpaired) electrons. The second-order valence-corrected chi connectivity index (χ2v) is 8.01. The van der Waals surface area contributed by atoms with E-state index in [1.165, 1.54) is 0 Å². The molecule has 3 aromatic carbocycles. The minimum absolute atomic E-state index is 0.0983. The van der Waals surface area contributed by atoms with Gasteiger partial charge in [0.25, 0.3) is 0 Å². The van der Waals surface area contributed by atoms with Crippen molar-refractivity contribution in [2.45, 2.75) is 32.4 Å². The fourth-order valence-electron chi connectivity index (χ4n) is 3.63. The molecular weight excluding hydrogens is 408 g/mol. The molecule has 0 aromatic heterocycles. The lowest BCUT2D eigenvalue weighted by atomic mass is 10.0. The van der Waals surface area contributed by atoms with Crippen LogP contribution in [0.4, 0.5) is 0 Å². The topological polar surface area (TPSA) is 49.4 Å². The van der Waals surface area contributed by atoms with Gasteiger partial charge in [0.15, 0.2) is 0 Å². The van der Waals surface area contributed by atoms with E-state index in [1.807, 2.05) is 79.7 Å². The van der Waals surface area contributed by atoms with Gasteiger partial charge in [-0.3, -0.25) is 9.59 Å². The van der Waals surface area contributed by atoms with Gasteiger partial charge >= 0.3 is 0 Å². The zero-order valence-electron chi connectivity index (χ0n) is 17.8. The summed E-state index contributed by atoms with van der Waals surface area (Å²) in [7, 11) is 1.60. The Bertz CT molecular complexity index is 1040. The van der Waals surface area contributed by atoms with Gasteiger partial charge in [-0.15, -0.1) is 0 Å². The Hall–Kier alpha value is -3.11. The summed E-state index contributed by atoms with van der Waals surface area (Å²) in [4.78, 5) is 28.1. The molecule has 0 heterocycles. The number of likely N-dealkylation sites (N-methyl/N-ethyl adjacent to an activating group) is 1.